The van der Waals surface area contributed by atoms with Crippen molar-refractivity contribution in [3.63, 3.8) is 0 Å². The molecule has 1 aliphatic rings. The van der Waals surface area contributed by atoms with E-state index in [2.05, 4.69) is 16.9 Å². The van der Waals surface area contributed by atoms with Crippen LogP contribution in [0.5, 0.6) is 0 Å². The van der Waals surface area contributed by atoms with Crippen LogP contribution in [0.2, 0.25) is 0 Å². The Morgan fingerprint density at radius 2 is 2.15 bits per heavy atom. The van der Waals surface area contributed by atoms with Crippen LogP contribution in [-0.4, -0.2) is 23.6 Å². The Bertz CT molecular complexity index is 227. The maximum atomic E-state index is 13.2. The molecule has 0 aromatic carbocycles. The summed E-state index contributed by atoms with van der Waals surface area (Å²) in [4.78, 5) is 0. The highest BCUT2D eigenvalue weighted by Crippen LogP contribution is 2.31. The van der Waals surface area contributed by atoms with Gasteiger partial charge in [0.15, 0.2) is 5.84 Å². The van der Waals surface area contributed by atoms with Crippen molar-refractivity contribution in [3.8, 4) is 0 Å². The second kappa shape index (κ2) is 3.68. The van der Waals surface area contributed by atoms with Gasteiger partial charge < -0.3 is 5.84 Å². The number of rotatable bonds is 1. The van der Waals surface area contributed by atoms with Gasteiger partial charge in [0.05, 0.1) is 0 Å². The van der Waals surface area contributed by atoms with Crippen molar-refractivity contribution in [2.75, 3.05) is 0 Å². The number of hydrogen-bond acceptors (Lipinski definition) is 3. The van der Waals surface area contributed by atoms with Crippen molar-refractivity contribution in [3.05, 3.63) is 0 Å². The van der Waals surface area contributed by atoms with Crippen LogP contribution in [0, 0.1) is 0 Å². The average molecular weight is 190 g/mol. The van der Waals surface area contributed by atoms with Crippen LogP contribution >= 0.6 is 0 Å². The molecule has 4 nitrogen and oxygen atoms in total. The summed E-state index contributed by atoms with van der Waals surface area (Å²) in [5.41, 5.74) is 0. The van der Waals surface area contributed by atoms with E-state index < -0.39 is 6.05 Å². The fraction of sp³-hybridized carbons (Fsp3) is 0.714. The van der Waals surface area contributed by atoms with Gasteiger partial charge in [0.25, 0.3) is 0 Å². The minimum atomic E-state index is -3.00. The summed E-state index contributed by atoms with van der Waals surface area (Å²) in [5.74, 6) is 5.08. The molecule has 0 unspecified atom stereocenters. The van der Waals surface area contributed by atoms with Crippen LogP contribution in [0.1, 0.15) is 25.7 Å². The SMILES string of the molecule is C=NN1/C(=N\N)CCCCC1(F)F. The van der Waals surface area contributed by atoms with Gasteiger partial charge in [0.2, 0.25) is 0 Å². The predicted octanol–water partition coefficient (Wildman–Crippen LogP) is 1.34. The van der Waals surface area contributed by atoms with E-state index in [4.69, 9.17) is 5.84 Å². The lowest BCUT2D eigenvalue weighted by molar-refractivity contribution is -0.113. The van der Waals surface area contributed by atoms with Crippen LogP contribution in [-0.2, 0) is 0 Å². The van der Waals surface area contributed by atoms with Crippen LogP contribution < -0.4 is 5.84 Å². The molecule has 1 saturated heterocycles. The molecule has 1 heterocycles. The molecule has 0 bridgehead atoms. The molecule has 0 spiro atoms. The Labute approximate surface area is 75.1 Å². The van der Waals surface area contributed by atoms with Crippen LogP contribution in [0.3, 0.4) is 0 Å². The van der Waals surface area contributed by atoms with E-state index in [1.165, 1.54) is 0 Å². The number of nitrogens with two attached hydrogens (primary N) is 1. The van der Waals surface area contributed by atoms with Gasteiger partial charge in [-0.05, 0) is 12.8 Å². The summed E-state index contributed by atoms with van der Waals surface area (Å²) in [6, 6.07) is -3.00. The zero-order valence-electron chi connectivity index (χ0n) is 7.21. The molecular formula is C7H12F2N4. The van der Waals surface area contributed by atoms with Gasteiger partial charge in [-0.3, -0.25) is 0 Å². The first-order valence-electron chi connectivity index (χ1n) is 4.03. The van der Waals surface area contributed by atoms with Crippen molar-refractivity contribution in [1.29, 1.82) is 0 Å². The van der Waals surface area contributed by atoms with Gasteiger partial charge in [0.1, 0.15) is 0 Å². The molecular weight excluding hydrogens is 178 g/mol. The van der Waals surface area contributed by atoms with Gasteiger partial charge in [-0.25, -0.2) is 0 Å². The van der Waals surface area contributed by atoms with Gasteiger partial charge in [0, 0.05) is 19.6 Å². The first-order valence-corrected chi connectivity index (χ1v) is 4.03. The third-order valence-electron chi connectivity index (χ3n) is 1.97. The fourth-order valence-electron chi connectivity index (χ4n) is 1.33. The number of nitrogens with zero attached hydrogens (tertiary/aromatic N) is 3. The third kappa shape index (κ3) is 1.93. The molecule has 74 valence electrons. The molecule has 0 aromatic rings. The standard InChI is InChI=1S/C7H12F2N4/c1-11-13-6(12-10)4-2-3-5-7(13,8)9/h1-5,10H2/b12-6-. The molecule has 2 N–H and O–H groups in total. The van der Waals surface area contributed by atoms with Crippen LogP contribution in [0.15, 0.2) is 10.2 Å². The summed E-state index contributed by atoms with van der Waals surface area (Å²) in [5, 5.41) is 7.03. The fourth-order valence-corrected chi connectivity index (χ4v) is 1.33. The topological polar surface area (TPSA) is 54.0 Å². The summed E-state index contributed by atoms with van der Waals surface area (Å²) in [6.45, 7) is 3.08. The zero-order valence-corrected chi connectivity index (χ0v) is 7.21. The zero-order chi connectivity index (χ0) is 9.90. The summed E-state index contributed by atoms with van der Waals surface area (Å²) >= 11 is 0. The Hall–Kier alpha value is -1.20. The number of hydrogen-bond donors (Lipinski definition) is 1. The largest absolute Gasteiger partial charge is 0.345 e. The van der Waals surface area contributed by atoms with E-state index in [0.29, 0.717) is 24.3 Å². The van der Waals surface area contributed by atoms with Crippen molar-refractivity contribution < 1.29 is 8.78 Å². The molecule has 0 aliphatic carbocycles. The quantitative estimate of drug-likeness (QED) is 0.293. The lowest BCUT2D eigenvalue weighted by Gasteiger charge is -2.25. The first-order chi connectivity index (χ1) is 6.11. The van der Waals surface area contributed by atoms with E-state index in [9.17, 15) is 8.78 Å². The minimum absolute atomic E-state index is 0.0949. The molecule has 0 saturated carbocycles. The van der Waals surface area contributed by atoms with Gasteiger partial charge >= 0.3 is 6.05 Å². The van der Waals surface area contributed by atoms with E-state index in [0.717, 1.165) is 0 Å². The minimum Gasteiger partial charge on any atom is -0.322 e. The highest BCUT2D eigenvalue weighted by Gasteiger charge is 2.40. The molecule has 1 aliphatic heterocycles. The van der Waals surface area contributed by atoms with Crippen molar-refractivity contribution >= 4 is 12.6 Å². The molecule has 0 radical (unpaired) electrons. The Kier molecular flexibility index (Phi) is 2.79. The Morgan fingerprint density at radius 1 is 1.46 bits per heavy atom. The number of hydrazone groups is 2. The molecule has 0 amide bonds. The van der Waals surface area contributed by atoms with Gasteiger partial charge in [-0.1, -0.05) is 0 Å². The molecule has 1 fully saturated rings. The third-order valence-corrected chi connectivity index (χ3v) is 1.97. The Balaban J connectivity index is 2.93. The molecule has 1 rings (SSSR count). The predicted molar refractivity (Wildman–Crippen MR) is 46.4 cm³/mol. The highest BCUT2D eigenvalue weighted by molar-refractivity contribution is 5.82. The van der Waals surface area contributed by atoms with Crippen LogP contribution in [0.25, 0.3) is 0 Å². The average Bonchev–Trinajstić information content (AvgIpc) is 2.22. The molecule has 0 aromatic heterocycles. The number of amidine groups is 1. The maximum absolute atomic E-state index is 13.2. The van der Waals surface area contributed by atoms with Gasteiger partial charge in [-0.15, -0.1) is 0 Å². The second-order valence-corrected chi connectivity index (χ2v) is 2.87. The van der Waals surface area contributed by atoms with E-state index in [1.54, 1.807) is 0 Å². The number of alkyl halides is 2. The first kappa shape index (κ1) is 9.88. The summed E-state index contributed by atoms with van der Waals surface area (Å²) in [7, 11) is 0. The summed E-state index contributed by atoms with van der Waals surface area (Å²) in [6.07, 6.45) is 1.28. The smallest absolute Gasteiger partial charge is 0.322 e. The van der Waals surface area contributed by atoms with Gasteiger partial charge in [-0.2, -0.15) is 24.0 Å². The van der Waals surface area contributed by atoms with E-state index in [-0.39, 0.29) is 12.3 Å². The highest BCUT2D eigenvalue weighted by atomic mass is 19.3. The lowest BCUT2D eigenvalue weighted by atomic mass is 10.2. The summed E-state index contributed by atoms with van der Waals surface area (Å²) < 4.78 is 26.4. The van der Waals surface area contributed by atoms with Crippen molar-refractivity contribution in [2.24, 2.45) is 16.0 Å². The molecule has 13 heavy (non-hydrogen) atoms. The monoisotopic (exact) mass is 190 g/mol. The van der Waals surface area contributed by atoms with E-state index >= 15 is 0 Å². The Morgan fingerprint density at radius 3 is 2.69 bits per heavy atom. The number of halogens is 2. The van der Waals surface area contributed by atoms with Crippen LogP contribution in [0.4, 0.5) is 8.78 Å². The molecule has 6 heteroatoms. The van der Waals surface area contributed by atoms with Crippen molar-refractivity contribution in [1.82, 2.24) is 5.01 Å². The molecule has 0 atom stereocenters. The second-order valence-electron chi connectivity index (χ2n) is 2.87. The lowest BCUT2D eigenvalue weighted by Crippen LogP contribution is -2.40. The van der Waals surface area contributed by atoms with E-state index in [1.807, 2.05) is 0 Å². The van der Waals surface area contributed by atoms with Crippen molar-refractivity contribution in [2.45, 2.75) is 31.7 Å². The normalized spacial score (nSPS) is 25.7. The maximum Gasteiger partial charge on any atom is 0.345 e.